The molecule has 162 valence electrons. The first-order valence-corrected chi connectivity index (χ1v) is 11.8. The molecule has 1 nitrogen and oxygen atoms in total. The van der Waals surface area contributed by atoms with Crippen LogP contribution in [0.2, 0.25) is 0 Å². The predicted molar refractivity (Wildman–Crippen MR) is 131 cm³/mol. The Balaban J connectivity index is 1.80. The number of halogens is 3. The van der Waals surface area contributed by atoms with E-state index in [0.717, 1.165) is 22.1 Å². The van der Waals surface area contributed by atoms with Crippen molar-refractivity contribution in [3.8, 4) is 11.3 Å². The van der Waals surface area contributed by atoms with Crippen LogP contribution in [0.1, 0.15) is 5.69 Å². The van der Waals surface area contributed by atoms with Crippen molar-refractivity contribution < 1.29 is 13.2 Å². The molecule has 5 aromatic rings. The summed E-state index contributed by atoms with van der Waals surface area (Å²) >= 11 is 0. The molecule has 0 saturated heterocycles. The Hall–Kier alpha value is -3.49. The molecular weight excluding hydrogens is 438 g/mol. The van der Waals surface area contributed by atoms with Gasteiger partial charge in [-0.3, -0.25) is 0 Å². The second-order valence-electron chi connectivity index (χ2n) is 7.59. The van der Waals surface area contributed by atoms with Gasteiger partial charge in [-0.25, -0.2) is 4.98 Å². The van der Waals surface area contributed by atoms with Gasteiger partial charge in [0.2, 0.25) is 0 Å². The van der Waals surface area contributed by atoms with Crippen LogP contribution in [0, 0.1) is 0 Å². The molecule has 0 fully saturated rings. The van der Waals surface area contributed by atoms with Gasteiger partial charge in [-0.1, -0.05) is 103 Å². The van der Waals surface area contributed by atoms with E-state index in [-0.39, 0.29) is 0 Å². The molecule has 33 heavy (non-hydrogen) atoms. The molecule has 0 aliphatic carbocycles. The van der Waals surface area contributed by atoms with E-state index in [1.165, 1.54) is 16.7 Å². The third-order valence-corrected chi connectivity index (χ3v) is 7.95. The van der Waals surface area contributed by atoms with Crippen LogP contribution in [0.3, 0.4) is 0 Å². The minimum atomic E-state index is -4.50. The van der Waals surface area contributed by atoms with E-state index < -0.39 is 19.8 Å². The van der Waals surface area contributed by atoms with Crippen LogP contribution in [0.25, 0.3) is 22.0 Å². The van der Waals surface area contributed by atoms with Crippen LogP contribution in [-0.2, 0) is 6.18 Å². The van der Waals surface area contributed by atoms with Crippen molar-refractivity contribution in [2.75, 3.05) is 0 Å². The van der Waals surface area contributed by atoms with Crippen LogP contribution in [0.4, 0.5) is 13.2 Å². The second-order valence-corrected chi connectivity index (χ2v) is 9.78. The average Bonchev–Trinajstić information content (AvgIpc) is 2.85. The van der Waals surface area contributed by atoms with E-state index in [2.05, 4.69) is 35.3 Å². The van der Waals surface area contributed by atoms with Crippen molar-refractivity contribution in [3.05, 3.63) is 121 Å². The van der Waals surface area contributed by atoms with Crippen LogP contribution in [-0.4, -0.2) is 4.98 Å². The molecule has 0 spiro atoms. The Morgan fingerprint density at radius 2 is 1.15 bits per heavy atom. The Morgan fingerprint density at radius 3 is 1.76 bits per heavy atom. The summed E-state index contributed by atoms with van der Waals surface area (Å²) in [6, 6.07) is 36.4. The number of rotatable bonds is 4. The first kappa shape index (κ1) is 21.4. The summed E-state index contributed by atoms with van der Waals surface area (Å²) in [6.07, 6.45) is -4.50. The summed E-state index contributed by atoms with van der Waals surface area (Å²) < 4.78 is 40.2. The largest absolute Gasteiger partial charge is 0.433 e. The third kappa shape index (κ3) is 4.27. The number of aromatic nitrogens is 1. The van der Waals surface area contributed by atoms with Crippen LogP contribution in [0.15, 0.2) is 115 Å². The fourth-order valence-electron chi connectivity index (χ4n) is 4.04. The highest BCUT2D eigenvalue weighted by molar-refractivity contribution is 7.80. The van der Waals surface area contributed by atoms with Gasteiger partial charge < -0.3 is 0 Å². The number of alkyl halides is 3. The minimum Gasteiger partial charge on any atom is -0.243 e. The lowest BCUT2D eigenvalue weighted by atomic mass is 10.0. The fraction of sp³-hybridized carbons (Fsp3) is 0.0357. The zero-order chi connectivity index (χ0) is 22.8. The summed E-state index contributed by atoms with van der Waals surface area (Å²) in [5, 5.41) is 5.36. The van der Waals surface area contributed by atoms with Crippen LogP contribution in [0.5, 0.6) is 0 Å². The highest BCUT2D eigenvalue weighted by Crippen LogP contribution is 2.39. The van der Waals surface area contributed by atoms with E-state index in [1.807, 2.05) is 66.7 Å². The molecule has 5 rings (SSSR count). The predicted octanol–water partition coefficient (Wildman–Crippen LogP) is 6.68. The van der Waals surface area contributed by atoms with E-state index >= 15 is 0 Å². The van der Waals surface area contributed by atoms with Crippen molar-refractivity contribution in [1.29, 1.82) is 0 Å². The second kappa shape index (κ2) is 8.80. The molecule has 0 amide bonds. The van der Waals surface area contributed by atoms with Crippen molar-refractivity contribution in [2.24, 2.45) is 0 Å². The molecular formula is C28H19F3NP. The first-order valence-electron chi connectivity index (χ1n) is 10.5. The zero-order valence-electron chi connectivity index (χ0n) is 17.5. The Labute approximate surface area is 191 Å². The maximum absolute atomic E-state index is 13.4. The Morgan fingerprint density at radius 1 is 0.576 bits per heavy atom. The number of fused-ring (bicyclic) bond motifs is 1. The smallest absolute Gasteiger partial charge is 0.243 e. The molecule has 0 unspecified atom stereocenters. The van der Waals surface area contributed by atoms with Crippen LogP contribution >= 0.6 is 7.92 Å². The van der Waals surface area contributed by atoms with E-state index in [0.29, 0.717) is 11.3 Å². The summed E-state index contributed by atoms with van der Waals surface area (Å²) in [7, 11) is -0.933. The lowest BCUT2D eigenvalue weighted by Crippen LogP contribution is -2.21. The molecule has 1 heterocycles. The highest BCUT2D eigenvalue weighted by Gasteiger charge is 2.32. The van der Waals surface area contributed by atoms with Gasteiger partial charge >= 0.3 is 6.18 Å². The molecule has 0 saturated carbocycles. The van der Waals surface area contributed by atoms with Crippen molar-refractivity contribution in [1.82, 2.24) is 4.98 Å². The number of hydrogen-bond acceptors (Lipinski definition) is 1. The van der Waals surface area contributed by atoms with E-state index in [4.69, 9.17) is 0 Å². The molecule has 0 bridgehead atoms. The van der Waals surface area contributed by atoms with Gasteiger partial charge in [0.15, 0.2) is 0 Å². The number of pyridine rings is 1. The lowest BCUT2D eigenvalue weighted by molar-refractivity contribution is -0.141. The molecule has 5 heteroatoms. The molecule has 0 N–H and O–H groups in total. The van der Waals surface area contributed by atoms with Gasteiger partial charge in [0.25, 0.3) is 0 Å². The van der Waals surface area contributed by atoms with Crippen LogP contribution < -0.4 is 15.9 Å². The van der Waals surface area contributed by atoms with Gasteiger partial charge in [0.05, 0.1) is 5.69 Å². The normalized spacial score (nSPS) is 11.8. The van der Waals surface area contributed by atoms with Gasteiger partial charge in [-0.15, -0.1) is 0 Å². The number of benzene rings is 4. The summed E-state index contributed by atoms with van der Waals surface area (Å²) in [4.78, 5) is 3.99. The minimum absolute atomic E-state index is 0.318. The SMILES string of the molecule is FC(F)(F)c1cccc(-c2cccc3cccc(P(c4ccccc4)c4ccccc4)c23)n1. The quantitative estimate of drug-likeness (QED) is 0.275. The van der Waals surface area contributed by atoms with Gasteiger partial charge in [0, 0.05) is 5.56 Å². The Bertz CT molecular complexity index is 1350. The third-order valence-electron chi connectivity index (χ3n) is 5.47. The standard InChI is InChI=1S/C28H19F3NP/c29-28(30,31)26-19-9-17-24(32-26)23-16-7-10-20-11-8-18-25(27(20)23)33(21-12-3-1-4-13-21)22-14-5-2-6-15-22/h1-19H. The summed E-state index contributed by atoms with van der Waals surface area (Å²) in [5.41, 5.74) is 0.135. The molecule has 0 aliphatic heterocycles. The van der Waals surface area contributed by atoms with E-state index in [9.17, 15) is 13.2 Å². The van der Waals surface area contributed by atoms with E-state index in [1.54, 1.807) is 6.07 Å². The highest BCUT2D eigenvalue weighted by atomic mass is 31.1. The van der Waals surface area contributed by atoms with Crippen molar-refractivity contribution in [3.63, 3.8) is 0 Å². The van der Waals surface area contributed by atoms with Crippen molar-refractivity contribution >= 4 is 34.6 Å². The average molecular weight is 457 g/mol. The van der Waals surface area contributed by atoms with Gasteiger partial charge in [-0.2, -0.15) is 13.2 Å². The molecule has 0 atom stereocenters. The maximum Gasteiger partial charge on any atom is 0.433 e. The summed E-state index contributed by atoms with van der Waals surface area (Å²) in [5.74, 6) is 0. The number of hydrogen-bond donors (Lipinski definition) is 0. The number of nitrogens with zero attached hydrogens (tertiary/aromatic N) is 1. The molecule has 0 aliphatic rings. The molecule has 1 aromatic heterocycles. The fourth-order valence-corrected chi connectivity index (χ4v) is 6.55. The maximum atomic E-state index is 13.4. The van der Waals surface area contributed by atoms with Gasteiger partial charge in [-0.05, 0) is 46.7 Å². The topological polar surface area (TPSA) is 12.9 Å². The monoisotopic (exact) mass is 457 g/mol. The Kier molecular flexibility index (Phi) is 5.70. The lowest BCUT2D eigenvalue weighted by Gasteiger charge is -2.22. The zero-order valence-corrected chi connectivity index (χ0v) is 18.4. The summed E-state index contributed by atoms with van der Waals surface area (Å²) in [6.45, 7) is 0. The van der Waals surface area contributed by atoms with Gasteiger partial charge in [0.1, 0.15) is 5.69 Å². The first-order chi connectivity index (χ1) is 16.0. The van der Waals surface area contributed by atoms with Crippen molar-refractivity contribution in [2.45, 2.75) is 6.18 Å². The molecule has 0 radical (unpaired) electrons. The molecule has 4 aromatic carbocycles.